The Balaban J connectivity index is 1.66. The fourth-order valence-corrected chi connectivity index (χ4v) is 3.53. The van der Waals surface area contributed by atoms with Crippen molar-refractivity contribution in [3.8, 4) is 0 Å². The molecule has 4 atom stereocenters. The molecule has 1 aliphatic heterocycles. The maximum atomic E-state index is 5.51. The SMILES string of the molecule is CCC1CCC(c2noc(C3CC(C)CCN3)n2)C1. The summed E-state index contributed by atoms with van der Waals surface area (Å²) >= 11 is 0. The summed E-state index contributed by atoms with van der Waals surface area (Å²) < 4.78 is 5.51. The van der Waals surface area contributed by atoms with Crippen LogP contribution in [0.1, 0.15) is 76.0 Å². The number of nitrogens with one attached hydrogen (secondary N) is 1. The first-order valence-electron chi connectivity index (χ1n) is 7.83. The van der Waals surface area contributed by atoms with Gasteiger partial charge < -0.3 is 9.84 Å². The molecule has 1 saturated carbocycles. The lowest BCUT2D eigenvalue weighted by Gasteiger charge is -2.25. The van der Waals surface area contributed by atoms with Gasteiger partial charge in [-0.3, -0.25) is 0 Å². The van der Waals surface area contributed by atoms with Crippen molar-refractivity contribution in [2.24, 2.45) is 11.8 Å². The molecular weight excluding hydrogens is 238 g/mol. The van der Waals surface area contributed by atoms with Gasteiger partial charge in [0.1, 0.15) is 0 Å². The van der Waals surface area contributed by atoms with Crippen LogP contribution in [0.3, 0.4) is 0 Å². The smallest absolute Gasteiger partial charge is 0.243 e. The van der Waals surface area contributed by atoms with Crippen LogP contribution >= 0.6 is 0 Å². The molecule has 106 valence electrons. The van der Waals surface area contributed by atoms with Crippen molar-refractivity contribution in [1.29, 1.82) is 0 Å². The Hall–Kier alpha value is -0.900. The first kappa shape index (κ1) is 13.1. The Morgan fingerprint density at radius 2 is 2.16 bits per heavy atom. The molecule has 0 radical (unpaired) electrons. The molecule has 0 aromatic carbocycles. The Labute approximate surface area is 115 Å². The molecule has 1 aromatic rings. The third-order valence-electron chi connectivity index (χ3n) is 4.91. The molecule has 1 aromatic heterocycles. The molecule has 3 rings (SSSR count). The highest BCUT2D eigenvalue weighted by Gasteiger charge is 2.30. The average Bonchev–Trinajstić information content (AvgIpc) is 3.07. The molecule has 0 amide bonds. The van der Waals surface area contributed by atoms with Crippen LogP contribution in [-0.4, -0.2) is 16.7 Å². The van der Waals surface area contributed by atoms with E-state index in [4.69, 9.17) is 4.52 Å². The van der Waals surface area contributed by atoms with Crippen molar-refractivity contribution in [1.82, 2.24) is 15.5 Å². The van der Waals surface area contributed by atoms with Gasteiger partial charge in [0.2, 0.25) is 5.89 Å². The van der Waals surface area contributed by atoms with Gasteiger partial charge in [-0.1, -0.05) is 25.4 Å². The van der Waals surface area contributed by atoms with Gasteiger partial charge in [-0.05, 0) is 50.5 Å². The number of hydrogen-bond acceptors (Lipinski definition) is 4. The summed E-state index contributed by atoms with van der Waals surface area (Å²) in [5.41, 5.74) is 0. The Kier molecular flexibility index (Phi) is 3.87. The lowest BCUT2D eigenvalue weighted by molar-refractivity contribution is 0.259. The fourth-order valence-electron chi connectivity index (χ4n) is 3.53. The molecule has 2 fully saturated rings. The minimum atomic E-state index is 0.272. The van der Waals surface area contributed by atoms with E-state index in [1.54, 1.807) is 0 Å². The summed E-state index contributed by atoms with van der Waals surface area (Å²) in [6, 6.07) is 0.272. The molecule has 1 saturated heterocycles. The number of piperidine rings is 1. The van der Waals surface area contributed by atoms with E-state index < -0.39 is 0 Å². The lowest BCUT2D eigenvalue weighted by Crippen LogP contribution is -2.30. The summed E-state index contributed by atoms with van der Waals surface area (Å²) in [4.78, 5) is 4.68. The van der Waals surface area contributed by atoms with Crippen molar-refractivity contribution in [2.45, 2.75) is 64.3 Å². The monoisotopic (exact) mass is 263 g/mol. The minimum Gasteiger partial charge on any atom is -0.338 e. The minimum absolute atomic E-state index is 0.272. The zero-order chi connectivity index (χ0) is 13.2. The predicted octanol–water partition coefficient (Wildman–Crippen LogP) is 3.42. The van der Waals surface area contributed by atoms with Crippen LogP contribution in [-0.2, 0) is 0 Å². The van der Waals surface area contributed by atoms with E-state index in [0.717, 1.165) is 36.5 Å². The van der Waals surface area contributed by atoms with Gasteiger partial charge in [0.15, 0.2) is 5.82 Å². The Morgan fingerprint density at radius 3 is 2.89 bits per heavy atom. The first-order valence-corrected chi connectivity index (χ1v) is 7.83. The van der Waals surface area contributed by atoms with E-state index in [-0.39, 0.29) is 6.04 Å². The molecule has 2 heterocycles. The molecule has 4 nitrogen and oxygen atoms in total. The topological polar surface area (TPSA) is 51.0 Å². The van der Waals surface area contributed by atoms with Crippen molar-refractivity contribution < 1.29 is 4.52 Å². The van der Waals surface area contributed by atoms with Gasteiger partial charge in [-0.2, -0.15) is 4.98 Å². The van der Waals surface area contributed by atoms with Crippen LogP contribution in [0, 0.1) is 11.8 Å². The summed E-state index contributed by atoms with van der Waals surface area (Å²) in [7, 11) is 0. The summed E-state index contributed by atoms with van der Waals surface area (Å²) in [5, 5.41) is 7.73. The first-order chi connectivity index (χ1) is 9.26. The van der Waals surface area contributed by atoms with Crippen LogP contribution in [0.4, 0.5) is 0 Å². The summed E-state index contributed by atoms with van der Waals surface area (Å²) in [5.74, 6) is 3.90. The molecule has 0 spiro atoms. The highest BCUT2D eigenvalue weighted by molar-refractivity contribution is 5.02. The molecule has 19 heavy (non-hydrogen) atoms. The Bertz CT molecular complexity index is 417. The van der Waals surface area contributed by atoms with Gasteiger partial charge in [0, 0.05) is 5.92 Å². The van der Waals surface area contributed by atoms with E-state index in [9.17, 15) is 0 Å². The van der Waals surface area contributed by atoms with Gasteiger partial charge >= 0.3 is 0 Å². The number of nitrogens with zero attached hydrogens (tertiary/aromatic N) is 2. The zero-order valence-electron chi connectivity index (χ0n) is 12.1. The molecule has 2 aliphatic rings. The van der Waals surface area contributed by atoms with Gasteiger partial charge in [0.05, 0.1) is 6.04 Å². The second kappa shape index (κ2) is 5.61. The van der Waals surface area contributed by atoms with Gasteiger partial charge in [-0.25, -0.2) is 0 Å². The molecule has 4 heteroatoms. The van der Waals surface area contributed by atoms with Crippen molar-refractivity contribution in [3.05, 3.63) is 11.7 Å². The second-order valence-corrected chi connectivity index (χ2v) is 6.41. The van der Waals surface area contributed by atoms with Gasteiger partial charge in [0.25, 0.3) is 0 Å². The van der Waals surface area contributed by atoms with Crippen LogP contribution in [0.2, 0.25) is 0 Å². The van der Waals surface area contributed by atoms with Crippen LogP contribution in [0.25, 0.3) is 0 Å². The number of rotatable bonds is 3. The largest absolute Gasteiger partial charge is 0.338 e. The van der Waals surface area contributed by atoms with E-state index in [0.29, 0.717) is 5.92 Å². The average molecular weight is 263 g/mol. The van der Waals surface area contributed by atoms with Crippen LogP contribution in [0.5, 0.6) is 0 Å². The second-order valence-electron chi connectivity index (χ2n) is 6.41. The summed E-state index contributed by atoms with van der Waals surface area (Å²) in [6.45, 7) is 5.64. The Morgan fingerprint density at radius 1 is 1.26 bits per heavy atom. The third kappa shape index (κ3) is 2.83. The van der Waals surface area contributed by atoms with Gasteiger partial charge in [-0.15, -0.1) is 0 Å². The van der Waals surface area contributed by atoms with E-state index in [1.807, 2.05) is 0 Å². The van der Waals surface area contributed by atoms with E-state index in [2.05, 4.69) is 29.3 Å². The molecule has 0 bridgehead atoms. The van der Waals surface area contributed by atoms with E-state index >= 15 is 0 Å². The van der Waals surface area contributed by atoms with Crippen molar-refractivity contribution in [3.63, 3.8) is 0 Å². The zero-order valence-corrected chi connectivity index (χ0v) is 12.1. The molecular formula is C15H25N3O. The van der Waals surface area contributed by atoms with E-state index in [1.165, 1.54) is 32.1 Å². The third-order valence-corrected chi connectivity index (χ3v) is 4.91. The van der Waals surface area contributed by atoms with Crippen molar-refractivity contribution in [2.75, 3.05) is 6.54 Å². The highest BCUT2D eigenvalue weighted by atomic mass is 16.5. The van der Waals surface area contributed by atoms with Crippen molar-refractivity contribution >= 4 is 0 Å². The standard InChI is InChI=1S/C15H25N3O/c1-3-11-4-5-12(9-11)14-17-15(19-18-14)13-8-10(2)6-7-16-13/h10-13,16H,3-9H2,1-2H3. The fraction of sp³-hybridized carbons (Fsp3) is 0.867. The maximum absolute atomic E-state index is 5.51. The van der Waals surface area contributed by atoms with Crippen LogP contribution < -0.4 is 5.32 Å². The van der Waals surface area contributed by atoms with Crippen LogP contribution in [0.15, 0.2) is 4.52 Å². The number of hydrogen-bond donors (Lipinski definition) is 1. The molecule has 4 unspecified atom stereocenters. The maximum Gasteiger partial charge on any atom is 0.243 e. The predicted molar refractivity (Wildman–Crippen MR) is 73.8 cm³/mol. The molecule has 1 aliphatic carbocycles. The quantitative estimate of drug-likeness (QED) is 0.907. The lowest BCUT2D eigenvalue weighted by atomic mass is 9.94. The highest BCUT2D eigenvalue weighted by Crippen LogP contribution is 2.39. The summed E-state index contributed by atoms with van der Waals surface area (Å²) in [6.07, 6.45) is 7.44. The molecule has 1 N–H and O–H groups in total. The number of aromatic nitrogens is 2. The normalized spacial score (nSPS) is 35.7.